The molecule has 0 N–H and O–H groups in total. The average molecular weight is 365 g/mol. The number of nitrogens with zero attached hydrogens (tertiary/aromatic N) is 1. The molecule has 2 heterocycles. The van der Waals surface area contributed by atoms with Crippen LogP contribution in [0, 0.1) is 0 Å². The molecule has 1 aromatic rings. The number of ether oxygens (including phenoxy) is 2. The smallest absolute Gasteiger partial charge is 0.303 e. The molecule has 0 saturated carbocycles. The Morgan fingerprint density at radius 1 is 1.59 bits per heavy atom. The van der Waals surface area contributed by atoms with Gasteiger partial charge in [-0.15, -0.1) is 0 Å². The van der Waals surface area contributed by atoms with Crippen LogP contribution in [0.5, 0.6) is 5.75 Å². The van der Waals surface area contributed by atoms with E-state index < -0.39 is 0 Å². The molecule has 17 heavy (non-hydrogen) atoms. The Bertz CT molecular complexity index is 452. The van der Waals surface area contributed by atoms with E-state index in [2.05, 4.69) is 36.8 Å². The van der Waals surface area contributed by atoms with Gasteiger partial charge in [0.2, 0.25) is 0 Å². The molecule has 0 amide bonds. The summed E-state index contributed by atoms with van der Waals surface area (Å²) in [7, 11) is 0. The van der Waals surface area contributed by atoms with E-state index in [-0.39, 0.29) is 21.9 Å². The molecular formula is C11H11Br2NO3. The fourth-order valence-electron chi connectivity index (χ4n) is 1.64. The Kier molecular flexibility index (Phi) is 3.73. The van der Waals surface area contributed by atoms with E-state index in [0.29, 0.717) is 5.69 Å². The van der Waals surface area contributed by atoms with Gasteiger partial charge in [-0.2, -0.15) is 0 Å². The van der Waals surface area contributed by atoms with Crippen LogP contribution in [-0.4, -0.2) is 16.0 Å². The van der Waals surface area contributed by atoms with E-state index in [1.54, 1.807) is 13.1 Å². The lowest BCUT2D eigenvalue weighted by molar-refractivity contribution is -0.145. The Morgan fingerprint density at radius 3 is 2.94 bits per heavy atom. The lowest BCUT2D eigenvalue weighted by Crippen LogP contribution is -2.07. The fraction of sp³-hybridized carbons (Fsp3) is 0.455. The van der Waals surface area contributed by atoms with Crippen LogP contribution in [0.25, 0.3) is 0 Å². The number of carbonyl (C=O) groups is 1. The molecule has 0 fully saturated rings. The first-order valence-electron chi connectivity index (χ1n) is 5.11. The maximum atomic E-state index is 10.9. The molecular weight excluding hydrogens is 354 g/mol. The highest BCUT2D eigenvalue weighted by atomic mass is 79.9. The highest BCUT2D eigenvalue weighted by Gasteiger charge is 2.31. The zero-order chi connectivity index (χ0) is 12.6. The van der Waals surface area contributed by atoms with Crippen LogP contribution in [0.1, 0.15) is 36.0 Å². The Labute approximate surface area is 116 Å². The maximum Gasteiger partial charge on any atom is 0.303 e. The summed E-state index contributed by atoms with van der Waals surface area (Å²) in [6, 6.07) is 1.89. The van der Waals surface area contributed by atoms with Gasteiger partial charge in [0, 0.05) is 12.5 Å². The van der Waals surface area contributed by atoms with Crippen LogP contribution in [-0.2, 0) is 9.53 Å². The topological polar surface area (TPSA) is 48.4 Å². The van der Waals surface area contributed by atoms with Crippen molar-refractivity contribution in [2.45, 2.75) is 29.8 Å². The van der Waals surface area contributed by atoms with Crippen LogP contribution in [0.15, 0.2) is 12.3 Å². The maximum absolute atomic E-state index is 10.9. The molecule has 0 aliphatic carbocycles. The monoisotopic (exact) mass is 363 g/mol. The van der Waals surface area contributed by atoms with Crippen molar-refractivity contribution in [3.63, 3.8) is 0 Å². The average Bonchev–Trinajstić information content (AvgIpc) is 2.54. The van der Waals surface area contributed by atoms with Crippen molar-refractivity contribution in [2.24, 2.45) is 0 Å². The molecule has 3 atom stereocenters. The van der Waals surface area contributed by atoms with Crippen LogP contribution in [0.3, 0.4) is 0 Å². The minimum absolute atomic E-state index is 0.0729. The van der Waals surface area contributed by atoms with Crippen LogP contribution >= 0.6 is 31.9 Å². The minimum Gasteiger partial charge on any atom is -0.476 e. The van der Waals surface area contributed by atoms with Crippen LogP contribution < -0.4 is 4.74 Å². The summed E-state index contributed by atoms with van der Waals surface area (Å²) in [5, 5.41) is -0.0985. The molecule has 0 saturated heterocycles. The van der Waals surface area contributed by atoms with Crippen LogP contribution in [0.2, 0.25) is 0 Å². The van der Waals surface area contributed by atoms with E-state index in [4.69, 9.17) is 9.47 Å². The molecule has 6 heteroatoms. The molecule has 1 aromatic heterocycles. The van der Waals surface area contributed by atoms with Crippen molar-refractivity contribution >= 4 is 37.8 Å². The summed E-state index contributed by atoms with van der Waals surface area (Å²) in [6.45, 7) is 3.18. The number of halogens is 2. The first kappa shape index (κ1) is 12.8. The first-order chi connectivity index (χ1) is 7.99. The second-order valence-corrected chi connectivity index (χ2v) is 5.66. The van der Waals surface area contributed by atoms with Gasteiger partial charge in [-0.3, -0.25) is 9.78 Å². The van der Waals surface area contributed by atoms with E-state index in [0.717, 1.165) is 11.3 Å². The van der Waals surface area contributed by atoms with Gasteiger partial charge in [-0.25, -0.2) is 0 Å². The number of alkyl halides is 2. The molecule has 92 valence electrons. The molecule has 3 unspecified atom stereocenters. The molecule has 2 rings (SSSR count). The zero-order valence-corrected chi connectivity index (χ0v) is 12.5. The number of hydrogen-bond acceptors (Lipinski definition) is 4. The second-order valence-electron chi connectivity index (χ2n) is 3.77. The Balaban J connectivity index is 2.25. The molecule has 0 radical (unpaired) electrons. The SMILES string of the molecule is CC(=O)OC(C)c1cc2c(cn1)OC(Br)C2Br. The van der Waals surface area contributed by atoms with Gasteiger partial charge in [0.25, 0.3) is 0 Å². The van der Waals surface area contributed by atoms with Crippen molar-refractivity contribution < 1.29 is 14.3 Å². The van der Waals surface area contributed by atoms with Crippen molar-refractivity contribution in [1.29, 1.82) is 0 Å². The number of hydrogen-bond donors (Lipinski definition) is 0. The number of esters is 1. The molecule has 0 bridgehead atoms. The normalized spacial score (nSPS) is 23.8. The number of rotatable bonds is 2. The fourth-order valence-corrected chi connectivity index (χ4v) is 2.60. The third-order valence-electron chi connectivity index (χ3n) is 2.44. The van der Waals surface area contributed by atoms with E-state index >= 15 is 0 Å². The Morgan fingerprint density at radius 2 is 2.29 bits per heavy atom. The number of pyridine rings is 1. The lowest BCUT2D eigenvalue weighted by Gasteiger charge is -2.12. The third kappa shape index (κ3) is 2.63. The quantitative estimate of drug-likeness (QED) is 0.597. The summed E-state index contributed by atoms with van der Waals surface area (Å²) in [6.07, 6.45) is 1.30. The second kappa shape index (κ2) is 4.94. The predicted molar refractivity (Wildman–Crippen MR) is 69.4 cm³/mol. The molecule has 1 aliphatic heterocycles. The van der Waals surface area contributed by atoms with Gasteiger partial charge in [0.05, 0.1) is 16.7 Å². The van der Waals surface area contributed by atoms with Gasteiger partial charge < -0.3 is 9.47 Å². The Hall–Kier alpha value is -0.620. The summed E-state index contributed by atoms with van der Waals surface area (Å²) < 4.78 is 10.6. The molecule has 1 aliphatic rings. The standard InChI is InChI=1S/C11H11Br2NO3/c1-5(16-6(2)15)8-3-7-9(4-14-8)17-11(13)10(7)12/h3-5,10-11H,1-2H3. The largest absolute Gasteiger partial charge is 0.476 e. The van der Waals surface area contributed by atoms with Crippen molar-refractivity contribution in [3.8, 4) is 5.75 Å². The minimum atomic E-state index is -0.355. The highest BCUT2D eigenvalue weighted by molar-refractivity contribution is 9.12. The van der Waals surface area contributed by atoms with Gasteiger partial charge in [-0.1, -0.05) is 15.9 Å². The first-order valence-corrected chi connectivity index (χ1v) is 6.94. The lowest BCUT2D eigenvalue weighted by atomic mass is 10.1. The number of aromatic nitrogens is 1. The molecule has 4 nitrogen and oxygen atoms in total. The summed E-state index contributed by atoms with van der Waals surface area (Å²) in [4.78, 5) is 15.2. The van der Waals surface area contributed by atoms with Gasteiger partial charge >= 0.3 is 5.97 Å². The van der Waals surface area contributed by atoms with E-state index in [1.165, 1.54) is 6.92 Å². The summed E-state index contributed by atoms with van der Waals surface area (Å²) in [5.41, 5.74) is 1.73. The van der Waals surface area contributed by atoms with Gasteiger partial charge in [0.15, 0.2) is 5.01 Å². The summed E-state index contributed by atoms with van der Waals surface area (Å²) in [5.74, 6) is 0.428. The molecule has 0 spiro atoms. The van der Waals surface area contributed by atoms with Crippen molar-refractivity contribution in [3.05, 3.63) is 23.5 Å². The van der Waals surface area contributed by atoms with Gasteiger partial charge in [0.1, 0.15) is 11.9 Å². The predicted octanol–water partition coefficient (Wildman–Crippen LogP) is 3.26. The summed E-state index contributed by atoms with van der Waals surface area (Å²) >= 11 is 6.93. The van der Waals surface area contributed by atoms with Crippen molar-refractivity contribution in [2.75, 3.05) is 0 Å². The van der Waals surface area contributed by atoms with Crippen LogP contribution in [0.4, 0.5) is 0 Å². The van der Waals surface area contributed by atoms with E-state index in [9.17, 15) is 4.79 Å². The van der Waals surface area contributed by atoms with Crippen molar-refractivity contribution in [1.82, 2.24) is 4.98 Å². The highest BCUT2D eigenvalue weighted by Crippen LogP contribution is 2.44. The molecule has 0 aromatic carbocycles. The third-order valence-corrected chi connectivity index (χ3v) is 4.84. The van der Waals surface area contributed by atoms with E-state index in [1.807, 2.05) is 6.07 Å². The number of carbonyl (C=O) groups excluding carboxylic acids is 1. The van der Waals surface area contributed by atoms with Gasteiger partial charge in [-0.05, 0) is 28.9 Å². The zero-order valence-electron chi connectivity index (χ0n) is 9.31. The number of fused-ring (bicyclic) bond motifs is 1.